The van der Waals surface area contributed by atoms with Crippen molar-refractivity contribution in [2.24, 2.45) is 17.6 Å². The Kier molecular flexibility index (Phi) is 6.95. The van der Waals surface area contributed by atoms with Gasteiger partial charge in [0, 0.05) is 43.7 Å². The summed E-state index contributed by atoms with van der Waals surface area (Å²) in [5, 5.41) is 0. The van der Waals surface area contributed by atoms with Gasteiger partial charge in [0.25, 0.3) is 5.91 Å². The van der Waals surface area contributed by atoms with Crippen LogP contribution in [0.4, 0.5) is 0 Å². The van der Waals surface area contributed by atoms with Crippen molar-refractivity contribution in [1.29, 1.82) is 0 Å². The Hall–Kier alpha value is -0.950. The minimum atomic E-state index is -0.352. The molecular formula is C21H34N2O3S. The van der Waals surface area contributed by atoms with Crippen molar-refractivity contribution in [2.45, 2.75) is 57.6 Å². The van der Waals surface area contributed by atoms with Gasteiger partial charge in [-0.2, -0.15) is 0 Å². The zero-order valence-electron chi connectivity index (χ0n) is 16.9. The lowest BCUT2D eigenvalue weighted by Gasteiger charge is -2.49. The van der Waals surface area contributed by atoms with Crippen LogP contribution in [0.2, 0.25) is 0 Å². The summed E-state index contributed by atoms with van der Waals surface area (Å²) in [5.41, 5.74) is 5.18. The summed E-state index contributed by atoms with van der Waals surface area (Å²) in [4.78, 5) is 16.1. The smallest absolute Gasteiger partial charge is 0.258 e. The minimum Gasteiger partial charge on any atom is -0.381 e. The fourth-order valence-electron chi connectivity index (χ4n) is 5.19. The van der Waals surface area contributed by atoms with Crippen LogP contribution in [-0.4, -0.2) is 50.3 Å². The number of carbonyl (C=O) groups excluding carboxylic acids is 1. The van der Waals surface area contributed by atoms with Crippen LogP contribution in [0.3, 0.4) is 0 Å². The fourth-order valence-corrected chi connectivity index (χ4v) is 6.41. The summed E-state index contributed by atoms with van der Waals surface area (Å²) in [5.74, 6) is 0.470. The minimum absolute atomic E-state index is 0.338. The van der Waals surface area contributed by atoms with Gasteiger partial charge in [0.05, 0.1) is 4.88 Å². The van der Waals surface area contributed by atoms with E-state index in [1.54, 1.807) is 0 Å². The summed E-state index contributed by atoms with van der Waals surface area (Å²) in [6, 6.07) is 4.52. The maximum Gasteiger partial charge on any atom is 0.258 e. The molecule has 2 aliphatic rings. The summed E-state index contributed by atoms with van der Waals surface area (Å²) in [6.45, 7) is 8.36. The fraction of sp³-hybridized carbons (Fsp3) is 0.762. The van der Waals surface area contributed by atoms with Crippen LogP contribution in [-0.2, 0) is 15.1 Å². The molecule has 5 nitrogen and oxygen atoms in total. The molecule has 1 aromatic rings. The average Bonchev–Trinajstić information content (AvgIpc) is 3.18. The van der Waals surface area contributed by atoms with Crippen LogP contribution in [0.1, 0.15) is 60.5 Å². The number of amides is 1. The predicted molar refractivity (Wildman–Crippen MR) is 109 cm³/mol. The van der Waals surface area contributed by atoms with Crippen molar-refractivity contribution < 1.29 is 14.3 Å². The van der Waals surface area contributed by atoms with Crippen molar-refractivity contribution in [3.63, 3.8) is 0 Å². The SMILES string of the molecule is CCN(CC1CCCC(C)C1(OC)c1ccc(C(N)=O)s1)C1CCOCC1. The molecule has 1 amide bonds. The molecule has 3 atom stereocenters. The van der Waals surface area contributed by atoms with Crippen molar-refractivity contribution in [1.82, 2.24) is 4.90 Å². The van der Waals surface area contributed by atoms with Gasteiger partial charge in [-0.15, -0.1) is 11.3 Å². The monoisotopic (exact) mass is 394 g/mol. The summed E-state index contributed by atoms with van der Waals surface area (Å²) < 4.78 is 11.9. The predicted octanol–water partition coefficient (Wildman–Crippen LogP) is 3.63. The lowest BCUT2D eigenvalue weighted by Crippen LogP contribution is -2.52. The van der Waals surface area contributed by atoms with Crippen LogP contribution in [0.15, 0.2) is 12.1 Å². The highest BCUT2D eigenvalue weighted by Crippen LogP contribution is 2.50. The van der Waals surface area contributed by atoms with Gasteiger partial charge in [-0.05, 0) is 50.3 Å². The third-order valence-corrected chi connectivity index (χ3v) is 7.90. The lowest BCUT2D eigenvalue weighted by molar-refractivity contribution is -0.133. The molecule has 0 spiro atoms. The summed E-state index contributed by atoms with van der Waals surface area (Å²) in [6.07, 6.45) is 5.76. The van der Waals surface area contributed by atoms with Crippen molar-refractivity contribution in [3.8, 4) is 0 Å². The molecule has 3 unspecified atom stereocenters. The topological polar surface area (TPSA) is 64.8 Å². The molecule has 1 aromatic heterocycles. The number of hydrogen-bond donors (Lipinski definition) is 1. The molecule has 3 rings (SSSR count). The molecule has 0 aromatic carbocycles. The first-order chi connectivity index (χ1) is 13.0. The second-order valence-corrected chi connectivity index (χ2v) is 9.07. The van der Waals surface area contributed by atoms with E-state index >= 15 is 0 Å². The van der Waals surface area contributed by atoms with Crippen LogP contribution in [0.5, 0.6) is 0 Å². The van der Waals surface area contributed by atoms with Crippen molar-refractivity contribution in [3.05, 3.63) is 21.9 Å². The summed E-state index contributed by atoms with van der Waals surface area (Å²) >= 11 is 1.51. The Bertz CT molecular complexity index is 629. The van der Waals surface area contributed by atoms with E-state index in [1.807, 2.05) is 13.2 Å². The number of primary amides is 1. The van der Waals surface area contributed by atoms with Gasteiger partial charge < -0.3 is 20.1 Å². The van der Waals surface area contributed by atoms with Crippen LogP contribution in [0, 0.1) is 11.8 Å². The maximum absolute atomic E-state index is 11.7. The first-order valence-corrected chi connectivity index (χ1v) is 11.1. The molecule has 2 N–H and O–H groups in total. The van der Waals surface area contributed by atoms with E-state index in [9.17, 15) is 4.79 Å². The maximum atomic E-state index is 11.7. The molecule has 1 saturated carbocycles. The van der Waals surface area contributed by atoms with Gasteiger partial charge in [-0.1, -0.05) is 20.3 Å². The van der Waals surface area contributed by atoms with Gasteiger partial charge in [0.2, 0.25) is 0 Å². The lowest BCUT2D eigenvalue weighted by atomic mass is 9.67. The largest absolute Gasteiger partial charge is 0.381 e. The van der Waals surface area contributed by atoms with Crippen LogP contribution in [0.25, 0.3) is 0 Å². The highest BCUT2D eigenvalue weighted by Gasteiger charge is 2.49. The summed E-state index contributed by atoms with van der Waals surface area (Å²) in [7, 11) is 1.84. The van der Waals surface area contributed by atoms with Gasteiger partial charge in [-0.3, -0.25) is 4.79 Å². The number of thiophene rings is 1. The Morgan fingerprint density at radius 2 is 2.07 bits per heavy atom. The van der Waals surface area contributed by atoms with E-state index in [1.165, 1.54) is 17.8 Å². The number of carbonyl (C=O) groups is 1. The highest BCUT2D eigenvalue weighted by molar-refractivity contribution is 7.14. The normalized spacial score (nSPS) is 29.9. The van der Waals surface area contributed by atoms with E-state index in [2.05, 4.69) is 24.8 Å². The molecule has 0 radical (unpaired) electrons. The molecule has 2 fully saturated rings. The molecule has 27 heavy (non-hydrogen) atoms. The number of rotatable bonds is 7. The van der Waals surface area contributed by atoms with E-state index in [0.717, 1.165) is 56.9 Å². The molecule has 6 heteroatoms. The molecule has 1 aliphatic carbocycles. The standard InChI is InChI=1S/C21H34N2O3S/c1-4-23(17-10-12-26-13-11-17)14-16-7-5-6-15(2)21(16,25-3)19-9-8-18(27-19)20(22)24/h8-9,15-17H,4-7,10-14H2,1-3H3,(H2,22,24). The Morgan fingerprint density at radius 3 is 2.67 bits per heavy atom. The van der Waals surface area contributed by atoms with E-state index in [4.69, 9.17) is 15.2 Å². The molecule has 1 saturated heterocycles. The second kappa shape index (κ2) is 9.03. The molecule has 2 heterocycles. The number of nitrogens with zero attached hydrogens (tertiary/aromatic N) is 1. The van der Waals surface area contributed by atoms with Crippen LogP contribution < -0.4 is 5.73 Å². The highest BCUT2D eigenvalue weighted by atomic mass is 32.1. The molecular weight excluding hydrogens is 360 g/mol. The molecule has 1 aliphatic heterocycles. The molecule has 152 valence electrons. The van der Waals surface area contributed by atoms with Gasteiger partial charge in [0.15, 0.2) is 0 Å². The van der Waals surface area contributed by atoms with Gasteiger partial charge >= 0.3 is 0 Å². The number of hydrogen-bond acceptors (Lipinski definition) is 5. The van der Waals surface area contributed by atoms with Crippen molar-refractivity contribution in [2.75, 3.05) is 33.4 Å². The number of methoxy groups -OCH3 is 1. The van der Waals surface area contributed by atoms with Gasteiger partial charge in [0.1, 0.15) is 5.60 Å². The second-order valence-electron chi connectivity index (χ2n) is 7.99. The Labute approximate surface area is 167 Å². The number of nitrogens with two attached hydrogens (primary N) is 1. The Balaban J connectivity index is 1.88. The zero-order chi connectivity index (χ0) is 19.4. The van der Waals surface area contributed by atoms with Crippen LogP contribution >= 0.6 is 11.3 Å². The first-order valence-electron chi connectivity index (χ1n) is 10.3. The first kappa shape index (κ1) is 20.8. The Morgan fingerprint density at radius 1 is 1.33 bits per heavy atom. The zero-order valence-corrected chi connectivity index (χ0v) is 17.7. The van der Waals surface area contributed by atoms with E-state index in [-0.39, 0.29) is 11.5 Å². The molecule has 0 bridgehead atoms. The quantitative estimate of drug-likeness (QED) is 0.767. The van der Waals surface area contributed by atoms with Crippen molar-refractivity contribution >= 4 is 17.2 Å². The average molecular weight is 395 g/mol. The van der Waals surface area contributed by atoms with Gasteiger partial charge in [-0.25, -0.2) is 0 Å². The number of ether oxygens (including phenoxy) is 2. The third-order valence-electron chi connectivity index (χ3n) is 6.67. The third kappa shape index (κ3) is 4.09. The van der Waals surface area contributed by atoms with E-state index in [0.29, 0.717) is 22.8 Å². The van der Waals surface area contributed by atoms with E-state index < -0.39 is 0 Å².